The number of hydrogen-bond acceptors (Lipinski definition) is 5. The summed E-state index contributed by atoms with van der Waals surface area (Å²) in [4.78, 5) is 35.6. The van der Waals surface area contributed by atoms with E-state index in [9.17, 15) is 14.4 Å². The first-order valence-electron chi connectivity index (χ1n) is 7.89. The molecule has 3 rings (SSSR count). The maximum atomic E-state index is 12.0. The lowest BCUT2D eigenvalue weighted by Gasteiger charge is -2.07. The fraction of sp³-hybridized carbons (Fsp3) is 0.111. The van der Waals surface area contributed by atoms with Gasteiger partial charge < -0.3 is 15.4 Å². The van der Waals surface area contributed by atoms with E-state index in [0.717, 1.165) is 10.9 Å². The second kappa shape index (κ2) is 7.47. The van der Waals surface area contributed by atoms with Gasteiger partial charge in [0.05, 0.1) is 23.9 Å². The molecule has 8 heteroatoms. The van der Waals surface area contributed by atoms with Crippen molar-refractivity contribution in [2.24, 2.45) is 0 Å². The van der Waals surface area contributed by atoms with Crippen LogP contribution in [-0.4, -0.2) is 34.6 Å². The molecule has 1 aromatic heterocycles. The maximum Gasteiger partial charge on any atom is 0.338 e. The standard InChI is InChI=1S/C18H16N4O4/c1-2-26-18(25)11-3-6-13(7-4-11)20-16(23)17(24)21-14-8-5-12-10-19-22-15(12)9-14/h3-10H,2H2,1H3,(H,19,22)(H,20,23)(H,21,24). The van der Waals surface area contributed by atoms with Crippen LogP contribution in [0.25, 0.3) is 10.9 Å². The van der Waals surface area contributed by atoms with Crippen molar-refractivity contribution in [3.05, 3.63) is 54.2 Å². The smallest absolute Gasteiger partial charge is 0.338 e. The Morgan fingerprint density at radius 1 is 1.00 bits per heavy atom. The Balaban J connectivity index is 1.61. The quantitative estimate of drug-likeness (QED) is 0.493. The molecule has 132 valence electrons. The minimum absolute atomic E-state index is 0.280. The molecular weight excluding hydrogens is 336 g/mol. The molecule has 0 saturated heterocycles. The number of H-pyrrole nitrogens is 1. The molecule has 3 aromatic rings. The average molecular weight is 352 g/mol. The number of carbonyl (C=O) groups is 3. The molecule has 0 bridgehead atoms. The van der Waals surface area contributed by atoms with Gasteiger partial charge in [0, 0.05) is 16.8 Å². The summed E-state index contributed by atoms with van der Waals surface area (Å²) in [6, 6.07) is 11.2. The predicted molar refractivity (Wildman–Crippen MR) is 95.8 cm³/mol. The van der Waals surface area contributed by atoms with Crippen molar-refractivity contribution in [3.63, 3.8) is 0 Å². The molecule has 2 amide bonds. The van der Waals surface area contributed by atoms with Gasteiger partial charge in [-0.05, 0) is 49.4 Å². The van der Waals surface area contributed by atoms with Crippen LogP contribution >= 0.6 is 0 Å². The molecule has 1 heterocycles. The van der Waals surface area contributed by atoms with Crippen LogP contribution < -0.4 is 10.6 Å². The molecule has 0 fully saturated rings. The lowest BCUT2D eigenvalue weighted by atomic mass is 10.2. The summed E-state index contributed by atoms with van der Waals surface area (Å²) in [5.74, 6) is -2.07. The van der Waals surface area contributed by atoms with Crippen LogP contribution in [0.1, 0.15) is 17.3 Å². The number of esters is 1. The van der Waals surface area contributed by atoms with Crippen molar-refractivity contribution in [1.82, 2.24) is 10.2 Å². The number of anilines is 2. The van der Waals surface area contributed by atoms with Crippen molar-refractivity contribution in [3.8, 4) is 0 Å². The van der Waals surface area contributed by atoms with Crippen molar-refractivity contribution >= 4 is 40.1 Å². The Bertz CT molecular complexity index is 963. The Labute approximate surface area is 148 Å². The molecule has 8 nitrogen and oxygen atoms in total. The molecule has 0 aliphatic rings. The van der Waals surface area contributed by atoms with Crippen LogP contribution in [-0.2, 0) is 14.3 Å². The number of nitrogens with one attached hydrogen (secondary N) is 3. The molecule has 0 aliphatic carbocycles. The number of hydrogen-bond donors (Lipinski definition) is 3. The van der Waals surface area contributed by atoms with Gasteiger partial charge in [-0.25, -0.2) is 4.79 Å². The highest BCUT2D eigenvalue weighted by molar-refractivity contribution is 6.43. The minimum Gasteiger partial charge on any atom is -0.462 e. The second-order valence-electron chi connectivity index (χ2n) is 5.38. The van der Waals surface area contributed by atoms with E-state index in [0.29, 0.717) is 16.9 Å². The van der Waals surface area contributed by atoms with Gasteiger partial charge >= 0.3 is 17.8 Å². The lowest BCUT2D eigenvalue weighted by molar-refractivity contribution is -0.132. The third-order valence-corrected chi connectivity index (χ3v) is 3.56. The van der Waals surface area contributed by atoms with Gasteiger partial charge in [0.1, 0.15) is 0 Å². The van der Waals surface area contributed by atoms with E-state index in [1.807, 2.05) is 0 Å². The first-order chi connectivity index (χ1) is 12.6. The number of aromatic amines is 1. The predicted octanol–water partition coefficient (Wildman–Crippen LogP) is 2.32. The van der Waals surface area contributed by atoms with Crippen LogP contribution in [0.2, 0.25) is 0 Å². The second-order valence-corrected chi connectivity index (χ2v) is 5.38. The molecule has 0 radical (unpaired) electrons. The number of fused-ring (bicyclic) bond motifs is 1. The maximum absolute atomic E-state index is 12.0. The Morgan fingerprint density at radius 3 is 2.35 bits per heavy atom. The van der Waals surface area contributed by atoms with Crippen molar-refractivity contribution in [2.45, 2.75) is 6.92 Å². The highest BCUT2D eigenvalue weighted by Gasteiger charge is 2.15. The van der Waals surface area contributed by atoms with Gasteiger partial charge in [-0.3, -0.25) is 14.7 Å². The van der Waals surface area contributed by atoms with E-state index in [4.69, 9.17) is 4.74 Å². The number of ether oxygens (including phenoxy) is 1. The van der Waals surface area contributed by atoms with Crippen molar-refractivity contribution in [2.75, 3.05) is 17.2 Å². The number of amides is 2. The van der Waals surface area contributed by atoms with Gasteiger partial charge in [0.25, 0.3) is 0 Å². The summed E-state index contributed by atoms with van der Waals surface area (Å²) in [7, 11) is 0. The van der Waals surface area contributed by atoms with Crippen LogP contribution in [0.15, 0.2) is 48.7 Å². The fourth-order valence-electron chi connectivity index (χ4n) is 2.29. The monoisotopic (exact) mass is 352 g/mol. The Kier molecular flexibility index (Phi) is 4.93. The third-order valence-electron chi connectivity index (χ3n) is 3.56. The van der Waals surface area contributed by atoms with Gasteiger partial charge in [-0.1, -0.05) is 0 Å². The van der Waals surface area contributed by atoms with Crippen LogP contribution in [0, 0.1) is 0 Å². The van der Waals surface area contributed by atoms with Crippen LogP contribution in [0.4, 0.5) is 11.4 Å². The summed E-state index contributed by atoms with van der Waals surface area (Å²) in [6.07, 6.45) is 1.66. The molecule has 0 aliphatic heterocycles. The third kappa shape index (κ3) is 3.86. The number of rotatable bonds is 4. The van der Waals surface area contributed by atoms with E-state index >= 15 is 0 Å². The van der Waals surface area contributed by atoms with Crippen LogP contribution in [0.5, 0.6) is 0 Å². The van der Waals surface area contributed by atoms with E-state index in [-0.39, 0.29) is 6.61 Å². The Morgan fingerprint density at radius 2 is 1.65 bits per heavy atom. The number of benzene rings is 2. The zero-order chi connectivity index (χ0) is 18.5. The summed E-state index contributed by atoms with van der Waals surface area (Å²) < 4.78 is 4.88. The fourth-order valence-corrected chi connectivity index (χ4v) is 2.29. The van der Waals surface area contributed by atoms with Crippen molar-refractivity contribution in [1.29, 1.82) is 0 Å². The van der Waals surface area contributed by atoms with E-state index in [1.165, 1.54) is 24.3 Å². The zero-order valence-electron chi connectivity index (χ0n) is 13.9. The lowest BCUT2D eigenvalue weighted by Crippen LogP contribution is -2.29. The summed E-state index contributed by atoms with van der Waals surface area (Å²) in [5.41, 5.74) is 1.97. The first kappa shape index (κ1) is 17.2. The molecule has 2 aromatic carbocycles. The van der Waals surface area contributed by atoms with Crippen molar-refractivity contribution < 1.29 is 19.1 Å². The Hall–Kier alpha value is -3.68. The summed E-state index contributed by atoms with van der Waals surface area (Å²) >= 11 is 0. The van der Waals surface area contributed by atoms with Crippen LogP contribution in [0.3, 0.4) is 0 Å². The molecular formula is C18H16N4O4. The van der Waals surface area contributed by atoms with Gasteiger partial charge in [0.15, 0.2) is 0 Å². The topological polar surface area (TPSA) is 113 Å². The largest absolute Gasteiger partial charge is 0.462 e. The number of nitrogens with zero attached hydrogens (tertiary/aromatic N) is 1. The van der Waals surface area contributed by atoms with Gasteiger partial charge in [0.2, 0.25) is 0 Å². The summed E-state index contributed by atoms with van der Waals surface area (Å²) in [5, 5.41) is 12.6. The molecule has 3 N–H and O–H groups in total. The number of carbonyl (C=O) groups excluding carboxylic acids is 3. The number of aromatic nitrogens is 2. The van der Waals surface area contributed by atoms with Gasteiger partial charge in [-0.2, -0.15) is 5.10 Å². The highest BCUT2D eigenvalue weighted by Crippen LogP contribution is 2.16. The first-order valence-corrected chi connectivity index (χ1v) is 7.89. The van der Waals surface area contributed by atoms with Gasteiger partial charge in [-0.15, -0.1) is 0 Å². The van der Waals surface area contributed by atoms with E-state index in [2.05, 4.69) is 20.8 Å². The van der Waals surface area contributed by atoms with E-state index < -0.39 is 17.8 Å². The molecule has 0 atom stereocenters. The normalized spacial score (nSPS) is 10.3. The average Bonchev–Trinajstić information content (AvgIpc) is 3.10. The van der Waals surface area contributed by atoms with E-state index in [1.54, 1.807) is 31.3 Å². The minimum atomic E-state index is -0.821. The molecule has 0 spiro atoms. The molecule has 26 heavy (non-hydrogen) atoms. The zero-order valence-corrected chi connectivity index (χ0v) is 13.9. The highest BCUT2D eigenvalue weighted by atomic mass is 16.5. The molecule has 0 unspecified atom stereocenters. The molecule has 0 saturated carbocycles. The summed E-state index contributed by atoms with van der Waals surface area (Å²) in [6.45, 7) is 2.00. The SMILES string of the molecule is CCOC(=O)c1ccc(NC(=O)C(=O)Nc2ccc3cn[nH]c3c2)cc1.